The van der Waals surface area contributed by atoms with Crippen LogP contribution in [0.25, 0.3) is 5.76 Å². The van der Waals surface area contributed by atoms with Crippen LogP contribution in [0.5, 0.6) is 11.5 Å². The average Bonchev–Trinajstić information content (AvgIpc) is 3.34. The molecule has 0 radical (unpaired) electrons. The summed E-state index contributed by atoms with van der Waals surface area (Å²) < 4.78 is 10.6. The van der Waals surface area contributed by atoms with Crippen LogP contribution in [-0.2, 0) is 16.1 Å². The van der Waals surface area contributed by atoms with Gasteiger partial charge < -0.3 is 19.5 Å². The van der Waals surface area contributed by atoms with Gasteiger partial charge in [-0.15, -0.1) is 11.3 Å². The van der Waals surface area contributed by atoms with E-state index in [9.17, 15) is 14.7 Å². The first kappa shape index (κ1) is 21.6. The lowest BCUT2D eigenvalue weighted by atomic mass is 9.97. The van der Waals surface area contributed by atoms with Crippen molar-refractivity contribution < 1.29 is 24.2 Å². The Balaban J connectivity index is 1.89. The summed E-state index contributed by atoms with van der Waals surface area (Å²) in [5.74, 6) is -0.805. The van der Waals surface area contributed by atoms with Crippen LogP contribution in [0.1, 0.15) is 27.6 Å². The minimum Gasteiger partial charge on any atom is -0.507 e. The topological polar surface area (TPSA) is 89.0 Å². The van der Waals surface area contributed by atoms with Crippen molar-refractivity contribution in [3.63, 3.8) is 0 Å². The second kappa shape index (κ2) is 8.84. The first-order chi connectivity index (χ1) is 15.5. The van der Waals surface area contributed by atoms with Gasteiger partial charge in [-0.05, 0) is 47.7 Å². The van der Waals surface area contributed by atoms with E-state index >= 15 is 0 Å². The fourth-order valence-corrected chi connectivity index (χ4v) is 4.85. The van der Waals surface area contributed by atoms with Gasteiger partial charge >= 0.3 is 0 Å². The molecular formula is C24H22N2O5S. The lowest BCUT2D eigenvalue weighted by molar-refractivity contribution is -0.140. The zero-order valence-electron chi connectivity index (χ0n) is 17.9. The van der Waals surface area contributed by atoms with Crippen LogP contribution in [-0.4, -0.2) is 40.9 Å². The highest BCUT2D eigenvalue weighted by Crippen LogP contribution is 2.44. The zero-order chi connectivity index (χ0) is 22.8. The molecule has 1 aromatic carbocycles. The molecule has 1 saturated heterocycles. The van der Waals surface area contributed by atoms with E-state index in [1.54, 1.807) is 36.7 Å². The number of ketones is 1. The highest BCUT2D eigenvalue weighted by molar-refractivity contribution is 7.10. The number of carbonyl (C=O) groups excluding carboxylic acids is 2. The Morgan fingerprint density at radius 1 is 1.19 bits per heavy atom. The molecule has 32 heavy (non-hydrogen) atoms. The predicted molar refractivity (Wildman–Crippen MR) is 121 cm³/mol. The Morgan fingerprint density at radius 2 is 2.00 bits per heavy atom. The molecule has 1 unspecified atom stereocenters. The van der Waals surface area contributed by atoms with E-state index < -0.39 is 17.7 Å². The number of aryl methyl sites for hydroxylation is 1. The Hall–Kier alpha value is -3.65. The maximum Gasteiger partial charge on any atom is 0.295 e. The molecule has 0 aliphatic carbocycles. The number of ether oxygens (including phenoxy) is 2. The highest BCUT2D eigenvalue weighted by Gasteiger charge is 2.47. The number of nitrogens with zero attached hydrogens (tertiary/aromatic N) is 2. The quantitative estimate of drug-likeness (QED) is 0.346. The first-order valence-corrected chi connectivity index (χ1v) is 10.8. The van der Waals surface area contributed by atoms with Crippen LogP contribution in [0.3, 0.4) is 0 Å². The van der Waals surface area contributed by atoms with E-state index in [-0.39, 0.29) is 17.9 Å². The molecule has 164 valence electrons. The lowest BCUT2D eigenvalue weighted by Gasteiger charge is -2.25. The van der Waals surface area contributed by atoms with Crippen LogP contribution < -0.4 is 9.47 Å². The number of likely N-dealkylation sites (tertiary alicyclic amines) is 1. The Morgan fingerprint density at radius 3 is 2.62 bits per heavy atom. The molecule has 1 atom stereocenters. The van der Waals surface area contributed by atoms with Gasteiger partial charge in [-0.25, -0.2) is 0 Å². The number of rotatable bonds is 6. The molecule has 1 fully saturated rings. The predicted octanol–water partition coefficient (Wildman–Crippen LogP) is 4.09. The number of benzene rings is 1. The van der Waals surface area contributed by atoms with Crippen molar-refractivity contribution in [1.29, 1.82) is 0 Å². The van der Waals surface area contributed by atoms with Crippen LogP contribution in [0.2, 0.25) is 0 Å². The zero-order valence-corrected chi connectivity index (χ0v) is 18.7. The number of hydrogen-bond acceptors (Lipinski definition) is 7. The van der Waals surface area contributed by atoms with E-state index in [0.29, 0.717) is 17.1 Å². The molecule has 7 nitrogen and oxygen atoms in total. The van der Waals surface area contributed by atoms with Gasteiger partial charge in [0, 0.05) is 29.9 Å². The van der Waals surface area contributed by atoms with Crippen LogP contribution >= 0.6 is 11.3 Å². The molecule has 8 heteroatoms. The van der Waals surface area contributed by atoms with Crippen LogP contribution in [0.15, 0.2) is 59.7 Å². The summed E-state index contributed by atoms with van der Waals surface area (Å²) in [6.45, 7) is 2.11. The van der Waals surface area contributed by atoms with Gasteiger partial charge in [0.15, 0.2) is 0 Å². The smallest absolute Gasteiger partial charge is 0.295 e. The summed E-state index contributed by atoms with van der Waals surface area (Å²) in [4.78, 5) is 32.7. The average molecular weight is 451 g/mol. The van der Waals surface area contributed by atoms with Gasteiger partial charge in [0.2, 0.25) is 0 Å². The maximum absolute atomic E-state index is 13.2. The minimum atomic E-state index is -0.734. The van der Waals surface area contributed by atoms with Crippen molar-refractivity contribution in [2.45, 2.75) is 19.5 Å². The van der Waals surface area contributed by atoms with E-state index in [1.807, 2.05) is 24.4 Å². The third-order valence-electron chi connectivity index (χ3n) is 5.43. The molecular weight excluding hydrogens is 428 g/mol. The monoisotopic (exact) mass is 450 g/mol. The van der Waals surface area contributed by atoms with Crippen LogP contribution in [0, 0.1) is 6.92 Å². The van der Waals surface area contributed by atoms with Gasteiger partial charge in [-0.3, -0.25) is 14.6 Å². The normalized spacial score (nSPS) is 17.6. The standard InChI is InChI=1S/C24H22N2O5S/c1-14-8-10-32-23(14)20-19(21(27)17-7-6-16(30-2)11-18(17)31-3)22(28)24(29)26(20)13-15-5-4-9-25-12-15/h4-12,20,27H,13H2,1-3H3/b21-19+. The second-order valence-electron chi connectivity index (χ2n) is 7.32. The van der Waals surface area contributed by atoms with E-state index in [2.05, 4.69) is 4.98 Å². The molecule has 4 rings (SSSR count). The third kappa shape index (κ3) is 3.73. The van der Waals surface area contributed by atoms with E-state index in [0.717, 1.165) is 16.0 Å². The molecule has 0 spiro atoms. The number of pyridine rings is 1. The van der Waals surface area contributed by atoms with Gasteiger partial charge in [0.05, 0.1) is 25.4 Å². The number of amides is 1. The molecule has 1 aliphatic heterocycles. The first-order valence-electron chi connectivity index (χ1n) is 9.90. The third-order valence-corrected chi connectivity index (χ3v) is 6.50. The van der Waals surface area contributed by atoms with E-state index in [4.69, 9.17) is 9.47 Å². The largest absolute Gasteiger partial charge is 0.507 e. The minimum absolute atomic E-state index is 0.0351. The number of methoxy groups -OCH3 is 2. The number of carbonyl (C=O) groups is 2. The molecule has 2 aromatic heterocycles. The fraction of sp³-hybridized carbons (Fsp3) is 0.208. The molecule has 1 aliphatic rings. The van der Waals surface area contributed by atoms with Crippen molar-refractivity contribution in [3.8, 4) is 11.5 Å². The highest BCUT2D eigenvalue weighted by atomic mass is 32.1. The van der Waals surface area contributed by atoms with Crippen LogP contribution in [0.4, 0.5) is 0 Å². The molecule has 0 bridgehead atoms. The summed E-state index contributed by atoms with van der Waals surface area (Å²) in [5.41, 5.74) is 2.07. The Kier molecular flexibility index (Phi) is 5.96. The number of aromatic nitrogens is 1. The molecule has 3 aromatic rings. The summed E-state index contributed by atoms with van der Waals surface area (Å²) in [7, 11) is 2.99. The van der Waals surface area contributed by atoms with Gasteiger partial charge in [-0.2, -0.15) is 0 Å². The van der Waals surface area contributed by atoms with Crippen molar-refractivity contribution in [2.24, 2.45) is 0 Å². The SMILES string of the molecule is COc1ccc(/C(O)=C2\C(=O)C(=O)N(Cc3cccnc3)C2c2sccc2C)c(OC)c1. The number of thiophene rings is 1. The van der Waals surface area contributed by atoms with Crippen molar-refractivity contribution in [1.82, 2.24) is 9.88 Å². The molecule has 3 heterocycles. The van der Waals surface area contributed by atoms with Gasteiger partial charge in [0.25, 0.3) is 11.7 Å². The number of aliphatic hydroxyl groups excluding tert-OH is 1. The van der Waals surface area contributed by atoms with E-state index in [1.165, 1.54) is 30.5 Å². The second-order valence-corrected chi connectivity index (χ2v) is 8.27. The van der Waals surface area contributed by atoms with Crippen molar-refractivity contribution >= 4 is 28.8 Å². The summed E-state index contributed by atoms with van der Waals surface area (Å²) in [5, 5.41) is 13.2. The number of aliphatic hydroxyl groups is 1. The molecule has 1 N–H and O–H groups in total. The van der Waals surface area contributed by atoms with Crippen molar-refractivity contribution in [3.05, 3.63) is 81.3 Å². The summed E-state index contributed by atoms with van der Waals surface area (Å²) in [6, 6.07) is 9.72. The Labute approximate surface area is 189 Å². The summed E-state index contributed by atoms with van der Waals surface area (Å²) in [6.07, 6.45) is 3.30. The van der Waals surface area contributed by atoms with Gasteiger partial charge in [0.1, 0.15) is 23.3 Å². The van der Waals surface area contributed by atoms with Crippen molar-refractivity contribution in [2.75, 3.05) is 14.2 Å². The number of hydrogen-bond donors (Lipinski definition) is 1. The van der Waals surface area contributed by atoms with Gasteiger partial charge in [-0.1, -0.05) is 6.07 Å². The molecule has 0 saturated carbocycles. The fourth-order valence-electron chi connectivity index (χ4n) is 3.81. The maximum atomic E-state index is 13.2. The number of Topliss-reactive ketones (excluding diaryl/α,β-unsaturated/α-hetero) is 1. The lowest BCUT2D eigenvalue weighted by Crippen LogP contribution is -2.29. The Bertz CT molecular complexity index is 1200. The summed E-state index contributed by atoms with van der Waals surface area (Å²) >= 11 is 1.44. The molecule has 1 amide bonds.